The number of rotatable bonds is 2. The van der Waals surface area contributed by atoms with Crippen molar-refractivity contribution in [3.05, 3.63) is 34.6 Å². The van der Waals surface area contributed by atoms with Crippen molar-refractivity contribution in [3.8, 4) is 11.4 Å². The van der Waals surface area contributed by atoms with E-state index >= 15 is 0 Å². The summed E-state index contributed by atoms with van der Waals surface area (Å²) in [5.74, 6) is 1.36. The molecular formula is C13H16BrN3O. The molecule has 0 aliphatic heterocycles. The third-order valence-corrected chi connectivity index (χ3v) is 3.17. The summed E-state index contributed by atoms with van der Waals surface area (Å²) in [7, 11) is 0. The number of benzene rings is 1. The van der Waals surface area contributed by atoms with Crippen LogP contribution in [0.15, 0.2) is 28.7 Å². The number of halogens is 1. The highest BCUT2D eigenvalue weighted by molar-refractivity contribution is 9.10. The third kappa shape index (κ3) is 2.47. The molecule has 1 aromatic heterocycles. The minimum atomic E-state index is -0.177. The van der Waals surface area contributed by atoms with E-state index in [0.717, 1.165) is 15.9 Å². The monoisotopic (exact) mass is 309 g/mol. The van der Waals surface area contributed by atoms with Crippen LogP contribution in [0.1, 0.15) is 26.6 Å². The lowest BCUT2D eigenvalue weighted by atomic mass is 10.1. The van der Waals surface area contributed by atoms with Crippen LogP contribution in [-0.4, -0.2) is 19.9 Å². The average molecular weight is 310 g/mol. The van der Waals surface area contributed by atoms with E-state index in [1.165, 1.54) is 0 Å². The number of aliphatic hydroxyl groups excluding tert-OH is 1. The lowest BCUT2D eigenvalue weighted by Crippen LogP contribution is -2.25. The van der Waals surface area contributed by atoms with Crippen LogP contribution in [-0.2, 0) is 12.1 Å². The Labute approximate surface area is 115 Å². The predicted molar refractivity (Wildman–Crippen MR) is 74.1 cm³/mol. The van der Waals surface area contributed by atoms with Gasteiger partial charge in [-0.2, -0.15) is 0 Å². The van der Waals surface area contributed by atoms with Crippen molar-refractivity contribution in [2.24, 2.45) is 0 Å². The van der Waals surface area contributed by atoms with Crippen molar-refractivity contribution in [2.75, 3.05) is 0 Å². The van der Waals surface area contributed by atoms with Gasteiger partial charge in [0, 0.05) is 15.6 Å². The van der Waals surface area contributed by atoms with Crippen LogP contribution in [0.5, 0.6) is 0 Å². The lowest BCUT2D eigenvalue weighted by molar-refractivity contribution is 0.250. The molecule has 0 amide bonds. The molecule has 0 aliphatic carbocycles. The van der Waals surface area contributed by atoms with Gasteiger partial charge in [0.15, 0.2) is 11.6 Å². The van der Waals surface area contributed by atoms with E-state index in [-0.39, 0.29) is 12.1 Å². The molecule has 0 fully saturated rings. The van der Waals surface area contributed by atoms with Crippen LogP contribution in [0.4, 0.5) is 0 Å². The molecule has 2 rings (SSSR count). The van der Waals surface area contributed by atoms with Crippen molar-refractivity contribution >= 4 is 15.9 Å². The first-order valence-corrected chi connectivity index (χ1v) is 6.54. The summed E-state index contributed by atoms with van der Waals surface area (Å²) in [6, 6.07) is 7.90. The fourth-order valence-corrected chi connectivity index (χ4v) is 2.17. The van der Waals surface area contributed by atoms with E-state index in [1.807, 2.05) is 28.8 Å². The second-order valence-electron chi connectivity index (χ2n) is 5.11. The molecule has 0 saturated heterocycles. The van der Waals surface area contributed by atoms with Crippen molar-refractivity contribution in [1.29, 1.82) is 0 Å². The highest BCUT2D eigenvalue weighted by atomic mass is 79.9. The molecular weight excluding hydrogens is 294 g/mol. The quantitative estimate of drug-likeness (QED) is 0.928. The molecule has 0 unspecified atom stereocenters. The molecule has 18 heavy (non-hydrogen) atoms. The van der Waals surface area contributed by atoms with E-state index in [2.05, 4.69) is 46.9 Å². The molecule has 0 radical (unpaired) electrons. The first-order valence-electron chi connectivity index (χ1n) is 5.75. The van der Waals surface area contributed by atoms with Crippen molar-refractivity contribution in [1.82, 2.24) is 14.8 Å². The van der Waals surface area contributed by atoms with Gasteiger partial charge in [0.05, 0.1) is 0 Å². The Bertz CT molecular complexity index is 540. The van der Waals surface area contributed by atoms with Crippen molar-refractivity contribution < 1.29 is 5.11 Å². The van der Waals surface area contributed by atoms with Gasteiger partial charge in [-0.1, -0.05) is 28.1 Å². The molecule has 0 saturated carbocycles. The zero-order chi connectivity index (χ0) is 13.3. The Morgan fingerprint density at radius 2 is 1.78 bits per heavy atom. The summed E-state index contributed by atoms with van der Waals surface area (Å²) in [6.07, 6.45) is 0. The fourth-order valence-electron chi connectivity index (χ4n) is 1.91. The summed E-state index contributed by atoms with van der Waals surface area (Å²) in [6.45, 7) is 6.09. The van der Waals surface area contributed by atoms with Gasteiger partial charge in [0.25, 0.3) is 0 Å². The first-order chi connectivity index (χ1) is 8.43. The Morgan fingerprint density at radius 1 is 1.17 bits per heavy atom. The van der Waals surface area contributed by atoms with E-state index in [1.54, 1.807) is 0 Å². The minimum absolute atomic E-state index is 0.110. The molecule has 2 aromatic rings. The fraction of sp³-hybridized carbons (Fsp3) is 0.385. The van der Waals surface area contributed by atoms with Gasteiger partial charge < -0.3 is 9.67 Å². The molecule has 1 N–H and O–H groups in total. The second-order valence-corrected chi connectivity index (χ2v) is 6.03. The summed E-state index contributed by atoms with van der Waals surface area (Å²) in [5.41, 5.74) is 0.810. The van der Waals surface area contributed by atoms with E-state index < -0.39 is 0 Å². The summed E-state index contributed by atoms with van der Waals surface area (Å²) in [5, 5.41) is 17.6. The molecule has 4 nitrogen and oxygen atoms in total. The van der Waals surface area contributed by atoms with E-state index in [0.29, 0.717) is 5.82 Å². The summed E-state index contributed by atoms with van der Waals surface area (Å²) >= 11 is 3.41. The van der Waals surface area contributed by atoms with Gasteiger partial charge in [0.2, 0.25) is 0 Å². The van der Waals surface area contributed by atoms with Gasteiger partial charge in [0.1, 0.15) is 6.61 Å². The molecule has 5 heteroatoms. The van der Waals surface area contributed by atoms with Crippen LogP contribution >= 0.6 is 15.9 Å². The maximum atomic E-state index is 9.36. The molecule has 1 aromatic carbocycles. The van der Waals surface area contributed by atoms with Gasteiger partial charge >= 0.3 is 0 Å². The summed E-state index contributed by atoms with van der Waals surface area (Å²) < 4.78 is 2.99. The first kappa shape index (κ1) is 13.2. The number of aromatic nitrogens is 3. The number of nitrogens with zero attached hydrogens (tertiary/aromatic N) is 3. The highest BCUT2D eigenvalue weighted by Gasteiger charge is 2.23. The van der Waals surface area contributed by atoms with Crippen molar-refractivity contribution in [2.45, 2.75) is 32.9 Å². The molecule has 0 atom stereocenters. The molecule has 1 heterocycles. The van der Waals surface area contributed by atoms with Crippen LogP contribution in [0.2, 0.25) is 0 Å². The zero-order valence-electron chi connectivity index (χ0n) is 10.7. The molecule has 0 bridgehead atoms. The van der Waals surface area contributed by atoms with Crippen LogP contribution in [0.25, 0.3) is 11.4 Å². The Hall–Kier alpha value is -1.20. The molecule has 0 spiro atoms. The smallest absolute Gasteiger partial charge is 0.164 e. The average Bonchev–Trinajstić information content (AvgIpc) is 2.73. The standard InChI is InChI=1S/C13H16BrN3O/c1-13(2,3)17-11(8-18)15-16-12(17)9-4-6-10(14)7-5-9/h4-7,18H,8H2,1-3H3. The Morgan fingerprint density at radius 3 is 2.28 bits per heavy atom. The van der Waals surface area contributed by atoms with Crippen LogP contribution in [0.3, 0.4) is 0 Å². The number of aliphatic hydroxyl groups is 1. The Kier molecular flexibility index (Phi) is 3.54. The van der Waals surface area contributed by atoms with Gasteiger partial charge in [-0.05, 0) is 32.9 Å². The topological polar surface area (TPSA) is 50.9 Å². The normalized spacial score (nSPS) is 11.8. The Balaban J connectivity index is 2.58. The maximum absolute atomic E-state index is 9.36. The van der Waals surface area contributed by atoms with Gasteiger partial charge in [-0.25, -0.2) is 0 Å². The van der Waals surface area contributed by atoms with Crippen molar-refractivity contribution in [3.63, 3.8) is 0 Å². The minimum Gasteiger partial charge on any atom is -0.388 e. The second kappa shape index (κ2) is 4.82. The molecule has 0 aliphatic rings. The third-order valence-electron chi connectivity index (χ3n) is 2.64. The maximum Gasteiger partial charge on any atom is 0.164 e. The lowest BCUT2D eigenvalue weighted by Gasteiger charge is -2.24. The number of hydrogen-bond acceptors (Lipinski definition) is 3. The largest absolute Gasteiger partial charge is 0.388 e. The van der Waals surface area contributed by atoms with Gasteiger partial charge in [-0.3, -0.25) is 0 Å². The van der Waals surface area contributed by atoms with Crippen LogP contribution in [0, 0.1) is 0 Å². The van der Waals surface area contributed by atoms with Crippen LogP contribution < -0.4 is 0 Å². The zero-order valence-corrected chi connectivity index (χ0v) is 12.3. The van der Waals surface area contributed by atoms with E-state index in [9.17, 15) is 5.11 Å². The number of hydrogen-bond donors (Lipinski definition) is 1. The van der Waals surface area contributed by atoms with E-state index in [4.69, 9.17) is 0 Å². The summed E-state index contributed by atoms with van der Waals surface area (Å²) in [4.78, 5) is 0. The highest BCUT2D eigenvalue weighted by Crippen LogP contribution is 2.27. The molecule has 96 valence electrons. The van der Waals surface area contributed by atoms with Gasteiger partial charge in [-0.15, -0.1) is 10.2 Å². The predicted octanol–water partition coefficient (Wildman–Crippen LogP) is 2.95. The SMILES string of the molecule is CC(C)(C)n1c(CO)nnc1-c1ccc(Br)cc1.